The first-order valence-electron chi connectivity index (χ1n) is 9.72. The van der Waals surface area contributed by atoms with Crippen LogP contribution in [0.5, 0.6) is 5.75 Å². The monoisotopic (exact) mass is 456 g/mol. The molecule has 6 nitrogen and oxygen atoms in total. The van der Waals surface area contributed by atoms with Crippen molar-refractivity contribution in [3.8, 4) is 5.75 Å². The van der Waals surface area contributed by atoms with E-state index in [0.29, 0.717) is 17.3 Å². The van der Waals surface area contributed by atoms with Crippen molar-refractivity contribution in [2.75, 3.05) is 10.8 Å². The van der Waals surface area contributed by atoms with Gasteiger partial charge in [-0.2, -0.15) is 0 Å². The minimum Gasteiger partial charge on any atom is -0.476 e. The molecule has 0 saturated heterocycles. The Labute approximate surface area is 186 Å². The van der Waals surface area contributed by atoms with E-state index in [2.05, 4.69) is 5.32 Å². The van der Waals surface area contributed by atoms with Crippen LogP contribution >= 0.6 is 11.6 Å². The molecule has 3 aromatic carbocycles. The lowest BCUT2D eigenvalue weighted by Gasteiger charge is -2.34. The predicted octanol–water partition coefficient (Wildman–Crippen LogP) is 3.92. The van der Waals surface area contributed by atoms with E-state index >= 15 is 0 Å². The molecule has 0 fully saturated rings. The average molecular weight is 457 g/mol. The van der Waals surface area contributed by atoms with Gasteiger partial charge in [-0.25, -0.2) is 8.42 Å². The van der Waals surface area contributed by atoms with Gasteiger partial charge in [0, 0.05) is 11.6 Å². The van der Waals surface area contributed by atoms with Gasteiger partial charge in [0.05, 0.1) is 17.1 Å². The maximum atomic E-state index is 13.3. The van der Waals surface area contributed by atoms with Gasteiger partial charge in [-0.3, -0.25) is 9.10 Å². The highest BCUT2D eigenvalue weighted by molar-refractivity contribution is 7.92. The number of amides is 1. The Morgan fingerprint density at radius 2 is 1.81 bits per heavy atom. The third-order valence-corrected chi connectivity index (χ3v) is 7.03. The van der Waals surface area contributed by atoms with Crippen molar-refractivity contribution in [3.63, 3.8) is 0 Å². The fourth-order valence-electron chi connectivity index (χ4n) is 3.32. The molecule has 1 N–H and O–H groups in total. The molecule has 3 aromatic rings. The highest BCUT2D eigenvalue weighted by atomic mass is 35.5. The molecule has 1 amide bonds. The molecule has 1 atom stereocenters. The number of ether oxygens (including phenoxy) is 1. The van der Waals surface area contributed by atoms with Crippen molar-refractivity contribution < 1.29 is 17.9 Å². The second-order valence-electron chi connectivity index (χ2n) is 7.27. The molecule has 8 heteroatoms. The van der Waals surface area contributed by atoms with Crippen molar-refractivity contribution in [2.45, 2.75) is 24.5 Å². The van der Waals surface area contributed by atoms with Crippen LogP contribution in [0.2, 0.25) is 5.02 Å². The minimum atomic E-state index is -3.92. The zero-order valence-corrected chi connectivity index (χ0v) is 18.4. The number of carbonyl (C=O) groups is 1. The summed E-state index contributed by atoms with van der Waals surface area (Å²) >= 11 is 6.11. The molecule has 0 aliphatic carbocycles. The Balaban J connectivity index is 1.61. The zero-order chi connectivity index (χ0) is 22.0. The number of benzene rings is 3. The summed E-state index contributed by atoms with van der Waals surface area (Å²) in [6.45, 7) is 2.14. The van der Waals surface area contributed by atoms with Crippen LogP contribution in [0.1, 0.15) is 11.1 Å². The molecule has 1 aliphatic heterocycles. The standard InChI is InChI=1S/C23H21ClN2O4S/c1-16-7-9-17(10-8-16)14-25-23(27)22-15-26(20-13-18(24)11-12-21(20)30-22)31(28,29)19-5-3-2-4-6-19/h2-13,22H,14-15H2,1H3,(H,25,27)/t22-/m1/s1. The van der Waals surface area contributed by atoms with Crippen LogP contribution in [0.15, 0.2) is 77.7 Å². The normalized spacial score (nSPS) is 15.7. The molecule has 0 spiro atoms. The molecular formula is C23H21ClN2O4S. The lowest BCUT2D eigenvalue weighted by Crippen LogP contribution is -2.50. The summed E-state index contributed by atoms with van der Waals surface area (Å²) in [4.78, 5) is 13.0. The van der Waals surface area contributed by atoms with Gasteiger partial charge >= 0.3 is 0 Å². The number of hydrogen-bond donors (Lipinski definition) is 1. The molecule has 0 saturated carbocycles. The smallest absolute Gasteiger partial charge is 0.264 e. The Bertz CT molecular complexity index is 1200. The second kappa shape index (κ2) is 8.61. The minimum absolute atomic E-state index is 0.127. The molecule has 0 radical (unpaired) electrons. The van der Waals surface area contributed by atoms with Crippen LogP contribution in [0.3, 0.4) is 0 Å². The van der Waals surface area contributed by atoms with E-state index in [-0.39, 0.29) is 17.2 Å². The van der Waals surface area contributed by atoms with Gasteiger partial charge in [0.15, 0.2) is 6.10 Å². The Kier molecular flexibility index (Phi) is 5.89. The van der Waals surface area contributed by atoms with Crippen LogP contribution in [-0.2, 0) is 21.4 Å². The van der Waals surface area contributed by atoms with Crippen molar-refractivity contribution in [1.82, 2.24) is 5.32 Å². The van der Waals surface area contributed by atoms with Gasteiger partial charge in [-0.1, -0.05) is 59.6 Å². The average Bonchev–Trinajstić information content (AvgIpc) is 2.78. The molecular weight excluding hydrogens is 436 g/mol. The van der Waals surface area contributed by atoms with Crippen LogP contribution in [0.25, 0.3) is 0 Å². The van der Waals surface area contributed by atoms with E-state index in [4.69, 9.17) is 16.3 Å². The zero-order valence-electron chi connectivity index (χ0n) is 16.8. The first-order valence-corrected chi connectivity index (χ1v) is 11.5. The van der Waals surface area contributed by atoms with Crippen molar-refractivity contribution in [1.29, 1.82) is 0 Å². The lowest BCUT2D eigenvalue weighted by molar-refractivity contribution is -0.127. The van der Waals surface area contributed by atoms with Gasteiger partial charge in [0.1, 0.15) is 5.75 Å². The third-order valence-electron chi connectivity index (χ3n) is 5.00. The maximum absolute atomic E-state index is 13.3. The number of hydrogen-bond acceptors (Lipinski definition) is 4. The highest BCUT2D eigenvalue weighted by Gasteiger charge is 2.37. The first kappa shape index (κ1) is 21.2. The van der Waals surface area contributed by atoms with Crippen molar-refractivity contribution in [2.24, 2.45) is 0 Å². The highest BCUT2D eigenvalue weighted by Crippen LogP contribution is 2.38. The fourth-order valence-corrected chi connectivity index (χ4v) is 4.97. The van der Waals surface area contributed by atoms with E-state index in [1.54, 1.807) is 30.3 Å². The van der Waals surface area contributed by atoms with Crippen molar-refractivity contribution >= 4 is 33.2 Å². The number of rotatable bonds is 5. The summed E-state index contributed by atoms with van der Waals surface area (Å²) in [5.41, 5.74) is 2.37. The van der Waals surface area contributed by atoms with Gasteiger partial charge in [-0.15, -0.1) is 0 Å². The van der Waals surface area contributed by atoms with E-state index in [1.807, 2.05) is 31.2 Å². The van der Waals surface area contributed by atoms with E-state index < -0.39 is 22.0 Å². The van der Waals surface area contributed by atoms with Gasteiger partial charge in [-0.05, 0) is 42.8 Å². The van der Waals surface area contributed by atoms with E-state index in [1.165, 1.54) is 22.5 Å². The molecule has 4 rings (SSSR count). The SMILES string of the molecule is Cc1ccc(CNC(=O)[C@H]2CN(S(=O)(=O)c3ccccc3)c3cc(Cl)ccc3O2)cc1. The van der Waals surface area contributed by atoms with Crippen molar-refractivity contribution in [3.05, 3.63) is 88.9 Å². The lowest BCUT2D eigenvalue weighted by atomic mass is 10.1. The van der Waals surface area contributed by atoms with Crippen LogP contribution in [-0.4, -0.2) is 27.0 Å². The van der Waals surface area contributed by atoms with Gasteiger partial charge < -0.3 is 10.1 Å². The number of aryl methyl sites for hydroxylation is 1. The quantitative estimate of drug-likeness (QED) is 0.631. The Morgan fingerprint density at radius 1 is 1.10 bits per heavy atom. The number of sulfonamides is 1. The third kappa shape index (κ3) is 4.52. The largest absolute Gasteiger partial charge is 0.476 e. The summed E-state index contributed by atoms with van der Waals surface area (Å²) in [7, 11) is -3.92. The Hall–Kier alpha value is -3.03. The molecule has 1 heterocycles. The fraction of sp³-hybridized carbons (Fsp3) is 0.174. The summed E-state index contributed by atoms with van der Waals surface area (Å²) in [6, 6.07) is 20.6. The van der Waals surface area contributed by atoms with Crippen LogP contribution < -0.4 is 14.4 Å². The van der Waals surface area contributed by atoms with Gasteiger partial charge in [0.2, 0.25) is 0 Å². The number of nitrogens with zero attached hydrogens (tertiary/aromatic N) is 1. The predicted molar refractivity (Wildman–Crippen MR) is 120 cm³/mol. The Morgan fingerprint density at radius 3 is 2.52 bits per heavy atom. The summed E-state index contributed by atoms with van der Waals surface area (Å²) in [5, 5.41) is 3.20. The summed E-state index contributed by atoms with van der Waals surface area (Å²) < 4.78 is 33.7. The topological polar surface area (TPSA) is 75.7 Å². The molecule has 0 unspecified atom stereocenters. The van der Waals surface area contributed by atoms with E-state index in [0.717, 1.165) is 11.1 Å². The first-order chi connectivity index (χ1) is 14.8. The summed E-state index contributed by atoms with van der Waals surface area (Å²) in [5.74, 6) is -0.111. The number of carbonyl (C=O) groups excluding carboxylic acids is 1. The second-order valence-corrected chi connectivity index (χ2v) is 9.57. The number of anilines is 1. The molecule has 1 aliphatic rings. The molecule has 160 valence electrons. The van der Waals surface area contributed by atoms with Gasteiger partial charge in [0.25, 0.3) is 15.9 Å². The molecule has 31 heavy (non-hydrogen) atoms. The number of halogens is 1. The number of nitrogens with one attached hydrogen (secondary N) is 1. The molecule has 0 bridgehead atoms. The summed E-state index contributed by atoms with van der Waals surface area (Å²) in [6.07, 6.45) is -1.00. The number of fused-ring (bicyclic) bond motifs is 1. The van der Waals surface area contributed by atoms with E-state index in [9.17, 15) is 13.2 Å². The van der Waals surface area contributed by atoms with Crippen LogP contribution in [0.4, 0.5) is 5.69 Å². The molecule has 0 aromatic heterocycles. The maximum Gasteiger partial charge on any atom is 0.264 e. The van der Waals surface area contributed by atoms with Crippen LogP contribution in [0, 0.1) is 6.92 Å².